The summed E-state index contributed by atoms with van der Waals surface area (Å²) >= 11 is 0. The number of nitroso groups, excluding NO2 is 1. The average Bonchev–Trinajstić information content (AvgIpc) is 3.14. The maximum atomic E-state index is 12.1. The minimum atomic E-state index is -0.593. The van der Waals surface area contributed by atoms with Gasteiger partial charge >= 0.3 is 11.9 Å². The maximum absolute atomic E-state index is 12.1. The number of carbonyl (C=O) groups excluding carboxylic acids is 1. The van der Waals surface area contributed by atoms with Crippen LogP contribution in [0.2, 0.25) is 0 Å². The number of ether oxygens (including phenoxy) is 2. The standard InChI is InChI=1S/C15H18N2O4/c1-9-7-11(9)15(18)16-6-5-14-17(19)12-4-3-10(20-2)8-13(12)21-14/h3-4,8-9,11,14H,5-7H2,1-2H3/p+1. The summed E-state index contributed by atoms with van der Waals surface area (Å²) in [5.74, 6) is 1.90. The van der Waals surface area contributed by atoms with Gasteiger partial charge in [-0.1, -0.05) is 6.92 Å². The quantitative estimate of drug-likeness (QED) is 0.842. The van der Waals surface area contributed by atoms with E-state index in [-0.39, 0.29) is 11.8 Å². The van der Waals surface area contributed by atoms with E-state index in [0.717, 1.165) is 11.2 Å². The molecule has 21 heavy (non-hydrogen) atoms. The summed E-state index contributed by atoms with van der Waals surface area (Å²) in [5.41, 5.74) is 0.503. The Morgan fingerprint density at radius 3 is 2.95 bits per heavy atom. The van der Waals surface area contributed by atoms with Crippen LogP contribution in [0.25, 0.3) is 0 Å². The number of nitrogens with one attached hydrogen (secondary N) is 1. The highest BCUT2D eigenvalue weighted by atomic mass is 16.5. The highest BCUT2D eigenvalue weighted by molar-refractivity contribution is 5.81. The van der Waals surface area contributed by atoms with Crippen LogP contribution in [0.3, 0.4) is 0 Å². The van der Waals surface area contributed by atoms with Crippen molar-refractivity contribution in [2.24, 2.45) is 11.8 Å². The molecule has 0 radical (unpaired) electrons. The molecule has 1 aromatic carbocycles. The Morgan fingerprint density at radius 2 is 2.29 bits per heavy atom. The first-order valence-electron chi connectivity index (χ1n) is 7.19. The van der Waals surface area contributed by atoms with E-state index in [4.69, 9.17) is 9.47 Å². The molecule has 112 valence electrons. The van der Waals surface area contributed by atoms with Crippen molar-refractivity contribution < 1.29 is 19.0 Å². The molecule has 0 bridgehead atoms. The molecule has 3 rings (SSSR count). The van der Waals surface area contributed by atoms with Gasteiger partial charge in [-0.3, -0.25) is 4.79 Å². The zero-order valence-electron chi connectivity index (χ0n) is 12.2. The second-order valence-corrected chi connectivity index (χ2v) is 5.63. The van der Waals surface area contributed by atoms with Gasteiger partial charge in [-0.05, 0) is 18.4 Å². The lowest BCUT2D eigenvalue weighted by Crippen LogP contribution is -2.31. The van der Waals surface area contributed by atoms with Crippen LogP contribution in [-0.4, -0.2) is 30.5 Å². The van der Waals surface area contributed by atoms with Gasteiger partial charge in [0.05, 0.1) is 18.3 Å². The molecule has 1 saturated carbocycles. The molecule has 1 amide bonds. The Morgan fingerprint density at radius 1 is 1.52 bits per heavy atom. The van der Waals surface area contributed by atoms with Gasteiger partial charge in [0.15, 0.2) is 0 Å². The van der Waals surface area contributed by atoms with Gasteiger partial charge in [0.1, 0.15) is 5.75 Å². The first kappa shape index (κ1) is 13.9. The second kappa shape index (κ2) is 5.35. The predicted octanol–water partition coefficient (Wildman–Crippen LogP) is 1.99. The molecule has 1 aromatic rings. The van der Waals surface area contributed by atoms with Crippen molar-refractivity contribution in [3.8, 4) is 11.5 Å². The Kier molecular flexibility index (Phi) is 3.53. The molecule has 1 N–H and O–H groups in total. The number of amides is 1. The number of carbonyl (C=O) groups is 1. The molecule has 1 heterocycles. The van der Waals surface area contributed by atoms with Crippen LogP contribution in [-0.2, 0) is 4.79 Å². The first-order chi connectivity index (χ1) is 10.1. The molecule has 6 heteroatoms. The lowest BCUT2D eigenvalue weighted by molar-refractivity contribution is -0.529. The van der Waals surface area contributed by atoms with Crippen molar-refractivity contribution in [1.29, 1.82) is 0 Å². The third kappa shape index (κ3) is 2.70. The van der Waals surface area contributed by atoms with Crippen molar-refractivity contribution in [3.05, 3.63) is 23.1 Å². The number of fused-ring (bicyclic) bond motifs is 1. The second-order valence-electron chi connectivity index (χ2n) is 5.63. The van der Waals surface area contributed by atoms with Crippen LogP contribution in [0.5, 0.6) is 11.5 Å². The Bertz CT molecular complexity index is 587. The summed E-state index contributed by atoms with van der Waals surface area (Å²) < 4.78 is 11.6. The first-order valence-corrected chi connectivity index (χ1v) is 7.19. The van der Waals surface area contributed by atoms with Gasteiger partial charge in [-0.25, -0.2) is 0 Å². The molecule has 3 atom stereocenters. The van der Waals surface area contributed by atoms with E-state index < -0.39 is 6.23 Å². The third-order valence-electron chi connectivity index (χ3n) is 4.07. The molecular formula is C15H19N2O4+. The molecule has 2 aliphatic rings. The van der Waals surface area contributed by atoms with E-state index in [1.165, 1.54) is 0 Å². The Labute approximate surface area is 123 Å². The van der Waals surface area contributed by atoms with Gasteiger partial charge < -0.3 is 14.8 Å². The fourth-order valence-electron chi connectivity index (χ4n) is 2.56. The normalized spacial score (nSPS) is 26.0. The molecule has 1 fully saturated rings. The van der Waals surface area contributed by atoms with E-state index in [9.17, 15) is 9.70 Å². The van der Waals surface area contributed by atoms with Gasteiger partial charge in [0.2, 0.25) is 11.7 Å². The van der Waals surface area contributed by atoms with Crippen LogP contribution in [0.1, 0.15) is 19.8 Å². The summed E-state index contributed by atoms with van der Waals surface area (Å²) in [6.07, 6.45) is 0.821. The summed E-state index contributed by atoms with van der Waals surface area (Å²) in [4.78, 5) is 23.8. The minimum Gasteiger partial charge on any atom is -0.497 e. The number of methoxy groups -OCH3 is 1. The SMILES string of the molecule is COc1ccc2c(c1)OC(CCNC(=O)C1CC1C)[N+]2=O. The number of rotatable bonds is 5. The van der Waals surface area contributed by atoms with E-state index in [2.05, 4.69) is 12.2 Å². The smallest absolute Gasteiger partial charge is 0.352 e. The Balaban J connectivity index is 1.54. The van der Waals surface area contributed by atoms with Crippen molar-refractivity contribution in [2.75, 3.05) is 13.7 Å². The minimum absolute atomic E-state index is 0.0807. The van der Waals surface area contributed by atoms with Gasteiger partial charge in [-0.2, -0.15) is 0 Å². The zero-order chi connectivity index (χ0) is 15.0. The topological polar surface area (TPSA) is 67.6 Å². The number of hydrogen-bond donors (Lipinski definition) is 1. The Hall–Kier alpha value is -2.11. The van der Waals surface area contributed by atoms with Crippen molar-refractivity contribution in [3.63, 3.8) is 0 Å². The fraction of sp³-hybridized carbons (Fsp3) is 0.533. The molecule has 0 aromatic heterocycles. The van der Waals surface area contributed by atoms with Crippen molar-refractivity contribution in [1.82, 2.24) is 5.32 Å². The molecule has 3 unspecified atom stereocenters. The van der Waals surface area contributed by atoms with Crippen molar-refractivity contribution in [2.45, 2.75) is 26.0 Å². The monoisotopic (exact) mass is 291 g/mol. The molecule has 6 nitrogen and oxygen atoms in total. The molecule has 1 aliphatic heterocycles. The summed E-state index contributed by atoms with van der Waals surface area (Å²) in [7, 11) is 1.57. The highest BCUT2D eigenvalue weighted by Gasteiger charge is 2.42. The predicted molar refractivity (Wildman–Crippen MR) is 75.6 cm³/mol. The third-order valence-corrected chi connectivity index (χ3v) is 4.07. The van der Waals surface area contributed by atoms with Crippen LogP contribution in [0.4, 0.5) is 5.69 Å². The van der Waals surface area contributed by atoms with E-state index >= 15 is 0 Å². The fourth-order valence-corrected chi connectivity index (χ4v) is 2.56. The van der Waals surface area contributed by atoms with Crippen molar-refractivity contribution >= 4 is 11.6 Å². The molecule has 0 saturated heterocycles. The van der Waals surface area contributed by atoms with Crippen LogP contribution in [0, 0.1) is 16.7 Å². The van der Waals surface area contributed by atoms with E-state index in [0.29, 0.717) is 36.1 Å². The number of hydrogen-bond acceptors (Lipinski definition) is 4. The molecule has 0 spiro atoms. The highest BCUT2D eigenvalue weighted by Crippen LogP contribution is 2.39. The van der Waals surface area contributed by atoms with Crippen LogP contribution >= 0.6 is 0 Å². The lowest BCUT2D eigenvalue weighted by atomic mass is 10.3. The largest absolute Gasteiger partial charge is 0.497 e. The van der Waals surface area contributed by atoms with Crippen LogP contribution in [0.15, 0.2) is 18.2 Å². The summed E-state index contributed by atoms with van der Waals surface area (Å²) in [6, 6.07) is 5.11. The van der Waals surface area contributed by atoms with Gasteiger partial charge in [-0.15, -0.1) is 0 Å². The van der Waals surface area contributed by atoms with Crippen LogP contribution < -0.4 is 14.8 Å². The molecule has 1 aliphatic carbocycles. The van der Waals surface area contributed by atoms with Gasteiger partial charge in [0.25, 0.3) is 0 Å². The van der Waals surface area contributed by atoms with Gasteiger partial charge in [0, 0.05) is 29.5 Å². The van der Waals surface area contributed by atoms with E-state index in [1.807, 2.05) is 0 Å². The summed E-state index contributed by atoms with van der Waals surface area (Å²) in [6.45, 7) is 2.50. The molecular weight excluding hydrogens is 272 g/mol. The summed E-state index contributed by atoms with van der Waals surface area (Å²) in [5, 5.41) is 2.86. The number of nitrogens with zero attached hydrogens (tertiary/aromatic N) is 1. The average molecular weight is 291 g/mol. The number of benzene rings is 1. The maximum Gasteiger partial charge on any atom is 0.352 e. The zero-order valence-corrected chi connectivity index (χ0v) is 12.2. The van der Waals surface area contributed by atoms with E-state index in [1.54, 1.807) is 25.3 Å². The lowest BCUT2D eigenvalue weighted by Gasteiger charge is -2.05.